The molecule has 0 aromatic heterocycles. The highest BCUT2D eigenvalue weighted by atomic mass is 32.2. The first kappa shape index (κ1) is 14.7. The second-order valence-electron chi connectivity index (χ2n) is 5.46. The quantitative estimate of drug-likeness (QED) is 0.860. The number of thioether (sulfide) groups is 1. The van der Waals surface area contributed by atoms with Crippen LogP contribution in [-0.2, 0) is 4.79 Å². The Balaban J connectivity index is 1.84. The molecular formula is C14H25N3OS. The predicted molar refractivity (Wildman–Crippen MR) is 81.6 cm³/mol. The van der Waals surface area contributed by atoms with Gasteiger partial charge in [-0.2, -0.15) is 0 Å². The monoisotopic (exact) mass is 283 g/mol. The van der Waals surface area contributed by atoms with E-state index in [4.69, 9.17) is 0 Å². The van der Waals surface area contributed by atoms with Gasteiger partial charge in [0.2, 0.25) is 5.91 Å². The molecule has 19 heavy (non-hydrogen) atoms. The van der Waals surface area contributed by atoms with Gasteiger partial charge in [0.15, 0.2) is 5.17 Å². The highest BCUT2D eigenvalue weighted by molar-refractivity contribution is 8.14. The van der Waals surface area contributed by atoms with Crippen LogP contribution in [-0.4, -0.2) is 46.9 Å². The summed E-state index contributed by atoms with van der Waals surface area (Å²) in [6.07, 6.45) is 5.75. The highest BCUT2D eigenvalue weighted by Gasteiger charge is 2.33. The average molecular weight is 283 g/mol. The summed E-state index contributed by atoms with van der Waals surface area (Å²) < 4.78 is 0. The van der Waals surface area contributed by atoms with Crippen molar-refractivity contribution in [3.8, 4) is 0 Å². The zero-order chi connectivity index (χ0) is 13.7. The molecule has 5 heteroatoms. The van der Waals surface area contributed by atoms with Gasteiger partial charge in [-0.3, -0.25) is 9.79 Å². The number of likely N-dealkylation sites (tertiary alicyclic amines) is 1. The molecule has 1 N–H and O–H groups in total. The summed E-state index contributed by atoms with van der Waals surface area (Å²) in [4.78, 5) is 18.5. The number of hydrogen-bond donors (Lipinski definition) is 1. The summed E-state index contributed by atoms with van der Waals surface area (Å²) in [5.41, 5.74) is 0.192. The molecular weight excluding hydrogens is 258 g/mol. The van der Waals surface area contributed by atoms with Crippen molar-refractivity contribution in [2.24, 2.45) is 4.99 Å². The molecule has 0 spiro atoms. The van der Waals surface area contributed by atoms with Crippen LogP contribution in [0.4, 0.5) is 0 Å². The Morgan fingerprint density at radius 3 is 2.58 bits per heavy atom. The fraction of sp³-hybridized carbons (Fsp3) is 0.857. The maximum absolute atomic E-state index is 12.0. The van der Waals surface area contributed by atoms with Crippen LogP contribution in [0.3, 0.4) is 0 Å². The van der Waals surface area contributed by atoms with Crippen molar-refractivity contribution >= 4 is 22.8 Å². The number of rotatable bonds is 4. The largest absolute Gasteiger partial charge is 0.359 e. The fourth-order valence-corrected chi connectivity index (χ4v) is 3.94. The minimum Gasteiger partial charge on any atom is -0.359 e. The zero-order valence-electron chi connectivity index (χ0n) is 12.1. The van der Waals surface area contributed by atoms with Crippen LogP contribution >= 0.6 is 11.8 Å². The van der Waals surface area contributed by atoms with Crippen LogP contribution in [0.1, 0.15) is 46.0 Å². The number of hydrogen-bond acceptors (Lipinski definition) is 3. The highest BCUT2D eigenvalue weighted by Crippen LogP contribution is 2.28. The third kappa shape index (κ3) is 3.65. The first-order chi connectivity index (χ1) is 9.19. The van der Waals surface area contributed by atoms with E-state index in [0.717, 1.165) is 49.7 Å². The van der Waals surface area contributed by atoms with Crippen molar-refractivity contribution in [2.75, 3.05) is 25.4 Å². The topological polar surface area (TPSA) is 44.7 Å². The van der Waals surface area contributed by atoms with E-state index in [2.05, 4.69) is 24.2 Å². The van der Waals surface area contributed by atoms with Crippen LogP contribution in [0.25, 0.3) is 0 Å². The van der Waals surface area contributed by atoms with Gasteiger partial charge in [0, 0.05) is 24.4 Å². The van der Waals surface area contributed by atoms with Crippen molar-refractivity contribution in [1.82, 2.24) is 10.2 Å². The summed E-state index contributed by atoms with van der Waals surface area (Å²) in [7, 11) is 0. The second-order valence-corrected chi connectivity index (χ2v) is 6.43. The smallest absolute Gasteiger partial charge is 0.244 e. The molecule has 2 saturated heterocycles. The van der Waals surface area contributed by atoms with Crippen LogP contribution in [0.5, 0.6) is 0 Å². The van der Waals surface area contributed by atoms with Gasteiger partial charge in [0.25, 0.3) is 0 Å². The van der Waals surface area contributed by atoms with Crippen LogP contribution < -0.4 is 5.32 Å². The SMILES string of the molecule is CCC1(CC)CSC(=NCC(=O)N2CCCCC2)N1. The fourth-order valence-electron chi connectivity index (χ4n) is 2.60. The number of nitrogens with zero attached hydrogens (tertiary/aromatic N) is 2. The molecule has 0 radical (unpaired) electrons. The number of amides is 1. The molecule has 2 rings (SSSR count). The molecule has 108 valence electrons. The minimum absolute atomic E-state index is 0.181. The lowest BCUT2D eigenvalue weighted by atomic mass is 9.96. The molecule has 0 unspecified atom stereocenters. The first-order valence-electron chi connectivity index (χ1n) is 7.42. The van der Waals surface area contributed by atoms with Crippen molar-refractivity contribution in [2.45, 2.75) is 51.5 Å². The molecule has 4 nitrogen and oxygen atoms in total. The molecule has 2 aliphatic rings. The van der Waals surface area contributed by atoms with Gasteiger partial charge in [0.1, 0.15) is 6.54 Å². The lowest BCUT2D eigenvalue weighted by Crippen LogP contribution is -2.42. The first-order valence-corrected chi connectivity index (χ1v) is 8.41. The standard InChI is InChI=1S/C14H25N3OS/c1-3-14(4-2)11-19-13(16-14)15-10-12(18)17-8-6-5-7-9-17/h3-11H2,1-2H3,(H,15,16). The molecule has 0 aromatic rings. The molecule has 1 amide bonds. The Morgan fingerprint density at radius 2 is 2.00 bits per heavy atom. The van der Waals surface area contributed by atoms with E-state index >= 15 is 0 Å². The van der Waals surface area contributed by atoms with Gasteiger partial charge in [-0.15, -0.1) is 0 Å². The Labute approximate surface area is 120 Å². The summed E-state index contributed by atoms with van der Waals surface area (Å²) in [6, 6.07) is 0. The summed E-state index contributed by atoms with van der Waals surface area (Å²) >= 11 is 1.76. The normalized spacial score (nSPS) is 24.5. The number of carbonyl (C=O) groups is 1. The van der Waals surface area contributed by atoms with Crippen molar-refractivity contribution in [3.05, 3.63) is 0 Å². The molecule has 2 fully saturated rings. The number of amidine groups is 1. The van der Waals surface area contributed by atoms with Gasteiger partial charge < -0.3 is 10.2 Å². The predicted octanol–water partition coefficient (Wildman–Crippen LogP) is 2.25. The van der Waals surface area contributed by atoms with Gasteiger partial charge in [-0.25, -0.2) is 0 Å². The van der Waals surface area contributed by atoms with Crippen LogP contribution in [0.2, 0.25) is 0 Å². The molecule has 2 aliphatic heterocycles. The van der Waals surface area contributed by atoms with Crippen LogP contribution in [0.15, 0.2) is 4.99 Å². The van der Waals surface area contributed by atoms with E-state index in [-0.39, 0.29) is 11.4 Å². The third-order valence-corrected chi connectivity index (χ3v) is 5.48. The third-order valence-electron chi connectivity index (χ3n) is 4.28. The lowest BCUT2D eigenvalue weighted by molar-refractivity contribution is -0.130. The van der Waals surface area contributed by atoms with Gasteiger partial charge in [-0.05, 0) is 32.1 Å². The minimum atomic E-state index is 0.181. The van der Waals surface area contributed by atoms with E-state index in [0.29, 0.717) is 6.54 Å². The van der Waals surface area contributed by atoms with Crippen molar-refractivity contribution < 1.29 is 4.79 Å². The lowest BCUT2D eigenvalue weighted by Gasteiger charge is -2.26. The number of carbonyl (C=O) groups excluding carboxylic acids is 1. The second kappa shape index (κ2) is 6.64. The zero-order valence-corrected chi connectivity index (χ0v) is 12.9. The van der Waals surface area contributed by atoms with E-state index in [1.165, 1.54) is 6.42 Å². The van der Waals surface area contributed by atoms with Crippen molar-refractivity contribution in [3.63, 3.8) is 0 Å². The Bertz CT molecular complexity index is 347. The maximum Gasteiger partial charge on any atom is 0.244 e. The van der Waals surface area contributed by atoms with Gasteiger partial charge in [-0.1, -0.05) is 25.6 Å². The molecule has 0 aliphatic carbocycles. The molecule has 0 bridgehead atoms. The Morgan fingerprint density at radius 1 is 1.32 bits per heavy atom. The number of piperidine rings is 1. The van der Waals surface area contributed by atoms with E-state index in [1.54, 1.807) is 11.8 Å². The van der Waals surface area contributed by atoms with E-state index < -0.39 is 0 Å². The number of aliphatic imine (C=N–C) groups is 1. The summed E-state index contributed by atoms with van der Waals surface area (Å²) in [5, 5.41) is 4.46. The molecule has 0 saturated carbocycles. The molecule has 0 atom stereocenters. The van der Waals surface area contributed by atoms with Gasteiger partial charge in [0.05, 0.1) is 0 Å². The van der Waals surface area contributed by atoms with Crippen molar-refractivity contribution in [1.29, 1.82) is 0 Å². The molecule has 2 heterocycles. The Hall–Kier alpha value is -0.710. The molecule has 0 aromatic carbocycles. The van der Waals surface area contributed by atoms with E-state index in [9.17, 15) is 4.79 Å². The summed E-state index contributed by atoms with van der Waals surface area (Å²) in [6.45, 7) is 6.55. The van der Waals surface area contributed by atoms with Gasteiger partial charge >= 0.3 is 0 Å². The number of nitrogens with one attached hydrogen (secondary N) is 1. The summed E-state index contributed by atoms with van der Waals surface area (Å²) in [5.74, 6) is 1.25. The van der Waals surface area contributed by atoms with Crippen LogP contribution in [0, 0.1) is 0 Å². The van der Waals surface area contributed by atoms with E-state index in [1.807, 2.05) is 4.90 Å². The Kier molecular flexibility index (Phi) is 5.13. The maximum atomic E-state index is 12.0. The average Bonchev–Trinajstić information content (AvgIpc) is 2.90.